The van der Waals surface area contributed by atoms with Gasteiger partial charge in [0.05, 0.1) is 5.92 Å². The van der Waals surface area contributed by atoms with Crippen molar-refractivity contribution in [1.29, 1.82) is 0 Å². The smallest absolute Gasteiger partial charge is 0.239 e. The molecule has 0 bridgehead atoms. The molecule has 0 saturated carbocycles. The SMILES string of the molecule is O=C(C(c1ccccc1)c1ccccc1)N1CC2(CCN(CCc3ccccc3)CC2)c2ccccc21. The third-order valence-corrected chi connectivity index (χ3v) is 8.38. The molecule has 186 valence electrons. The second-order valence-electron chi connectivity index (χ2n) is 10.6. The molecule has 6 rings (SSSR count). The molecule has 4 aromatic rings. The Labute approximate surface area is 220 Å². The van der Waals surface area contributed by atoms with Crippen LogP contribution >= 0.6 is 0 Å². The van der Waals surface area contributed by atoms with E-state index >= 15 is 0 Å². The number of likely N-dealkylation sites (tertiary alicyclic amines) is 1. The van der Waals surface area contributed by atoms with Crippen molar-refractivity contribution < 1.29 is 4.79 Å². The van der Waals surface area contributed by atoms with E-state index in [-0.39, 0.29) is 17.2 Å². The van der Waals surface area contributed by atoms with Crippen LogP contribution in [0, 0.1) is 0 Å². The van der Waals surface area contributed by atoms with Crippen LogP contribution in [0.1, 0.15) is 41.0 Å². The van der Waals surface area contributed by atoms with Crippen LogP contribution in [0.4, 0.5) is 5.69 Å². The molecule has 0 aromatic heterocycles. The Morgan fingerprint density at radius 3 is 1.86 bits per heavy atom. The Hall–Kier alpha value is -3.69. The molecule has 2 heterocycles. The van der Waals surface area contributed by atoms with Crippen LogP contribution < -0.4 is 4.90 Å². The summed E-state index contributed by atoms with van der Waals surface area (Å²) in [6.07, 6.45) is 3.26. The molecule has 1 fully saturated rings. The molecule has 0 atom stereocenters. The van der Waals surface area contributed by atoms with Crippen molar-refractivity contribution in [3.63, 3.8) is 0 Å². The Morgan fingerprint density at radius 1 is 0.703 bits per heavy atom. The predicted octanol–water partition coefficient (Wildman–Crippen LogP) is 6.44. The molecule has 1 saturated heterocycles. The minimum absolute atomic E-state index is 0.0351. The summed E-state index contributed by atoms with van der Waals surface area (Å²) in [6, 6.07) is 39.9. The summed E-state index contributed by atoms with van der Waals surface area (Å²) >= 11 is 0. The van der Waals surface area contributed by atoms with Gasteiger partial charge in [0.15, 0.2) is 0 Å². The number of carbonyl (C=O) groups excluding carboxylic acids is 1. The number of nitrogens with zero attached hydrogens (tertiary/aromatic N) is 2. The molecule has 2 aliphatic rings. The van der Waals surface area contributed by atoms with Gasteiger partial charge < -0.3 is 9.80 Å². The molecule has 3 nitrogen and oxygen atoms in total. The zero-order valence-corrected chi connectivity index (χ0v) is 21.3. The molecule has 2 aliphatic heterocycles. The van der Waals surface area contributed by atoms with Gasteiger partial charge in [-0.3, -0.25) is 4.79 Å². The minimum atomic E-state index is -0.309. The van der Waals surface area contributed by atoms with Gasteiger partial charge in [0.2, 0.25) is 5.91 Å². The van der Waals surface area contributed by atoms with Gasteiger partial charge in [0.25, 0.3) is 0 Å². The van der Waals surface area contributed by atoms with E-state index in [1.807, 2.05) is 36.4 Å². The molecule has 0 radical (unpaired) electrons. The number of benzene rings is 4. The molecule has 0 aliphatic carbocycles. The van der Waals surface area contributed by atoms with E-state index in [9.17, 15) is 4.79 Å². The highest BCUT2D eigenvalue weighted by molar-refractivity contribution is 6.02. The molecule has 0 N–H and O–H groups in total. The maximum absolute atomic E-state index is 14.4. The Bertz CT molecular complexity index is 1290. The lowest BCUT2D eigenvalue weighted by Crippen LogP contribution is -2.47. The van der Waals surface area contributed by atoms with E-state index in [2.05, 4.69) is 88.7 Å². The zero-order valence-electron chi connectivity index (χ0n) is 21.3. The van der Waals surface area contributed by atoms with Crippen LogP contribution in [0.3, 0.4) is 0 Å². The monoisotopic (exact) mass is 486 g/mol. The summed E-state index contributed by atoms with van der Waals surface area (Å²) in [6.45, 7) is 4.01. The first-order valence-electron chi connectivity index (χ1n) is 13.5. The first-order chi connectivity index (χ1) is 18.2. The third-order valence-electron chi connectivity index (χ3n) is 8.38. The van der Waals surface area contributed by atoms with Gasteiger partial charge in [0, 0.05) is 24.2 Å². The summed E-state index contributed by atoms with van der Waals surface area (Å²) in [7, 11) is 0. The Kier molecular flexibility index (Phi) is 6.63. The van der Waals surface area contributed by atoms with Gasteiger partial charge in [0.1, 0.15) is 0 Å². The fourth-order valence-electron chi connectivity index (χ4n) is 6.32. The topological polar surface area (TPSA) is 23.6 Å². The summed E-state index contributed by atoms with van der Waals surface area (Å²) in [5.74, 6) is -0.134. The van der Waals surface area contributed by atoms with Crippen LogP contribution in [-0.4, -0.2) is 37.0 Å². The van der Waals surface area contributed by atoms with Crippen LogP contribution in [0.25, 0.3) is 0 Å². The van der Waals surface area contributed by atoms with Gasteiger partial charge in [-0.1, -0.05) is 109 Å². The molecule has 0 unspecified atom stereocenters. The van der Waals surface area contributed by atoms with Crippen molar-refractivity contribution in [2.45, 2.75) is 30.6 Å². The fourth-order valence-corrected chi connectivity index (χ4v) is 6.32. The second kappa shape index (κ2) is 10.4. The largest absolute Gasteiger partial charge is 0.310 e. The lowest BCUT2D eigenvalue weighted by atomic mass is 9.74. The number of rotatable bonds is 6. The van der Waals surface area contributed by atoms with Crippen LogP contribution in [0.5, 0.6) is 0 Å². The Morgan fingerprint density at radius 2 is 1.24 bits per heavy atom. The fraction of sp³-hybridized carbons (Fsp3) is 0.265. The minimum Gasteiger partial charge on any atom is -0.310 e. The highest BCUT2D eigenvalue weighted by Crippen LogP contribution is 2.48. The normalized spacial score (nSPS) is 16.7. The highest BCUT2D eigenvalue weighted by atomic mass is 16.2. The second-order valence-corrected chi connectivity index (χ2v) is 10.6. The van der Waals surface area contributed by atoms with E-state index in [1.54, 1.807) is 0 Å². The lowest BCUT2D eigenvalue weighted by molar-refractivity contribution is -0.119. The molecule has 4 aromatic carbocycles. The number of hydrogen-bond acceptors (Lipinski definition) is 2. The van der Waals surface area contributed by atoms with E-state index in [1.165, 1.54) is 11.1 Å². The number of para-hydroxylation sites is 1. The maximum Gasteiger partial charge on any atom is 0.239 e. The van der Waals surface area contributed by atoms with E-state index < -0.39 is 0 Å². The standard InChI is InChI=1S/C34H34N2O/c37-33(32(28-14-6-2-7-15-28)29-16-8-3-9-17-29)36-26-34(30-18-10-11-19-31(30)36)21-24-35(25-22-34)23-20-27-12-4-1-5-13-27/h1-19,32H,20-26H2. The molecule has 3 heteroatoms. The first-order valence-corrected chi connectivity index (χ1v) is 13.5. The van der Waals surface area contributed by atoms with Crippen molar-refractivity contribution in [2.75, 3.05) is 31.1 Å². The number of carbonyl (C=O) groups is 1. The third kappa shape index (κ3) is 4.72. The summed E-state index contributed by atoms with van der Waals surface area (Å²) in [4.78, 5) is 19.1. The van der Waals surface area contributed by atoms with Crippen LogP contribution in [0.15, 0.2) is 115 Å². The summed E-state index contributed by atoms with van der Waals surface area (Å²) < 4.78 is 0. The highest BCUT2D eigenvalue weighted by Gasteiger charge is 2.47. The van der Waals surface area contributed by atoms with Crippen molar-refractivity contribution >= 4 is 11.6 Å². The Balaban J connectivity index is 1.24. The predicted molar refractivity (Wildman–Crippen MR) is 151 cm³/mol. The average molecular weight is 487 g/mol. The number of piperidine rings is 1. The van der Waals surface area contributed by atoms with Gasteiger partial charge in [-0.15, -0.1) is 0 Å². The zero-order chi connectivity index (χ0) is 25.1. The van der Waals surface area contributed by atoms with Crippen molar-refractivity contribution in [1.82, 2.24) is 4.90 Å². The molecule has 1 spiro atoms. The molecule has 37 heavy (non-hydrogen) atoms. The van der Waals surface area contributed by atoms with Crippen molar-refractivity contribution in [2.24, 2.45) is 0 Å². The average Bonchev–Trinajstić information content (AvgIpc) is 3.28. The number of anilines is 1. The number of hydrogen-bond donors (Lipinski definition) is 0. The van der Waals surface area contributed by atoms with E-state index in [0.717, 1.165) is 62.3 Å². The summed E-state index contributed by atoms with van der Waals surface area (Å²) in [5, 5.41) is 0. The van der Waals surface area contributed by atoms with E-state index in [4.69, 9.17) is 0 Å². The van der Waals surface area contributed by atoms with Crippen LogP contribution in [0.2, 0.25) is 0 Å². The van der Waals surface area contributed by atoms with Gasteiger partial charge >= 0.3 is 0 Å². The van der Waals surface area contributed by atoms with Crippen LogP contribution in [-0.2, 0) is 16.6 Å². The van der Waals surface area contributed by atoms with Gasteiger partial charge in [-0.2, -0.15) is 0 Å². The van der Waals surface area contributed by atoms with Crippen molar-refractivity contribution in [3.05, 3.63) is 138 Å². The molecule has 1 amide bonds. The van der Waals surface area contributed by atoms with Gasteiger partial charge in [-0.05, 0) is 60.7 Å². The lowest BCUT2D eigenvalue weighted by Gasteiger charge is -2.40. The summed E-state index contributed by atoms with van der Waals surface area (Å²) in [5.41, 5.74) is 5.99. The molecular weight excluding hydrogens is 452 g/mol. The number of amides is 1. The first kappa shape index (κ1) is 23.7. The van der Waals surface area contributed by atoms with Crippen molar-refractivity contribution in [3.8, 4) is 0 Å². The maximum atomic E-state index is 14.4. The van der Waals surface area contributed by atoms with E-state index in [0.29, 0.717) is 0 Å². The van der Waals surface area contributed by atoms with Gasteiger partial charge in [-0.25, -0.2) is 0 Å². The molecular formula is C34H34N2O. The number of fused-ring (bicyclic) bond motifs is 2. The quantitative estimate of drug-likeness (QED) is 0.313.